The number of aliphatic hydroxyl groups is 1. The number of ether oxygens (including phenoxy) is 3. The van der Waals surface area contributed by atoms with Crippen LogP contribution in [0.1, 0.15) is 52.4 Å². The molecule has 4 fully saturated rings. The molecule has 3 aliphatic carbocycles. The van der Waals surface area contributed by atoms with Crippen LogP contribution in [0.5, 0.6) is 0 Å². The molecule has 4 nitrogen and oxygen atoms in total. The molecular weight excluding hydrogens is 316 g/mol. The Balaban J connectivity index is 1.47. The highest BCUT2D eigenvalue weighted by Gasteiger charge is 2.72. The van der Waals surface area contributed by atoms with Gasteiger partial charge >= 0.3 is 0 Å². The van der Waals surface area contributed by atoms with Crippen LogP contribution in [0, 0.1) is 22.7 Å². The number of aliphatic hydroxyl groups excluding tert-OH is 1. The second-order valence-electron chi connectivity index (χ2n) is 9.60. The van der Waals surface area contributed by atoms with Crippen molar-refractivity contribution < 1.29 is 19.3 Å². The molecule has 3 aliphatic heterocycles. The standard InChI is InChI=1S/C21H28O4/c1-19-7-5-13(22)9-12(19)3-4-14-15(19)6-8-21-11-24-20(2)17(21)16(10-23-20)25-18(14)21/h3,13,15-17,22H,4-11H2,1-2H3. The quantitative estimate of drug-likeness (QED) is 0.685. The Labute approximate surface area is 149 Å². The largest absolute Gasteiger partial charge is 0.491 e. The highest BCUT2D eigenvalue weighted by molar-refractivity contribution is 5.40. The Kier molecular flexibility index (Phi) is 2.76. The monoisotopic (exact) mass is 344 g/mol. The Hall–Kier alpha value is -0.840. The molecule has 0 amide bonds. The Bertz CT molecular complexity index is 711. The van der Waals surface area contributed by atoms with E-state index >= 15 is 0 Å². The van der Waals surface area contributed by atoms with Crippen molar-refractivity contribution in [3.8, 4) is 0 Å². The fourth-order valence-corrected chi connectivity index (χ4v) is 7.27. The molecule has 0 aromatic rings. The molecule has 3 heterocycles. The molecule has 0 aromatic heterocycles. The summed E-state index contributed by atoms with van der Waals surface area (Å²) in [5.41, 5.74) is 3.29. The van der Waals surface area contributed by atoms with E-state index < -0.39 is 5.79 Å². The van der Waals surface area contributed by atoms with Gasteiger partial charge in [0, 0.05) is 0 Å². The molecule has 1 N–H and O–H groups in total. The van der Waals surface area contributed by atoms with Crippen molar-refractivity contribution in [3.05, 3.63) is 23.0 Å². The van der Waals surface area contributed by atoms with Crippen LogP contribution >= 0.6 is 0 Å². The Morgan fingerprint density at radius 1 is 1.16 bits per heavy atom. The summed E-state index contributed by atoms with van der Waals surface area (Å²) in [7, 11) is 0. The molecule has 0 bridgehead atoms. The van der Waals surface area contributed by atoms with Gasteiger partial charge in [-0.05, 0) is 62.4 Å². The van der Waals surface area contributed by atoms with Crippen molar-refractivity contribution >= 4 is 0 Å². The van der Waals surface area contributed by atoms with Crippen molar-refractivity contribution in [1.29, 1.82) is 0 Å². The number of hydrogen-bond acceptors (Lipinski definition) is 4. The molecule has 0 aromatic carbocycles. The maximum absolute atomic E-state index is 10.1. The van der Waals surface area contributed by atoms with Crippen molar-refractivity contribution in [2.24, 2.45) is 22.7 Å². The van der Waals surface area contributed by atoms with Gasteiger partial charge in [0.15, 0.2) is 5.79 Å². The third-order valence-electron chi connectivity index (χ3n) is 8.52. The summed E-state index contributed by atoms with van der Waals surface area (Å²) < 4.78 is 18.8. The maximum atomic E-state index is 10.1. The van der Waals surface area contributed by atoms with Crippen molar-refractivity contribution in [1.82, 2.24) is 0 Å². The summed E-state index contributed by atoms with van der Waals surface area (Å²) >= 11 is 0. The predicted molar refractivity (Wildman–Crippen MR) is 91.5 cm³/mol. The van der Waals surface area contributed by atoms with Gasteiger partial charge in [-0.25, -0.2) is 0 Å². The van der Waals surface area contributed by atoms with Crippen molar-refractivity contribution in [2.75, 3.05) is 13.2 Å². The van der Waals surface area contributed by atoms with E-state index in [9.17, 15) is 5.11 Å². The lowest BCUT2D eigenvalue weighted by molar-refractivity contribution is -0.181. The first-order valence-corrected chi connectivity index (χ1v) is 10.0. The van der Waals surface area contributed by atoms with Crippen molar-refractivity contribution in [2.45, 2.75) is 70.4 Å². The topological polar surface area (TPSA) is 47.9 Å². The fourth-order valence-electron chi connectivity index (χ4n) is 7.27. The molecule has 136 valence electrons. The summed E-state index contributed by atoms with van der Waals surface area (Å²) in [6.07, 6.45) is 8.68. The lowest BCUT2D eigenvalue weighted by atomic mass is 9.53. The lowest BCUT2D eigenvalue weighted by Gasteiger charge is -2.51. The van der Waals surface area contributed by atoms with Crippen LogP contribution in [0.3, 0.4) is 0 Å². The highest BCUT2D eigenvalue weighted by atomic mass is 16.7. The number of rotatable bonds is 0. The van der Waals surface area contributed by atoms with E-state index in [-0.39, 0.29) is 23.0 Å². The van der Waals surface area contributed by atoms with Gasteiger partial charge in [0.1, 0.15) is 11.9 Å². The third kappa shape index (κ3) is 1.65. The van der Waals surface area contributed by atoms with Gasteiger partial charge in [0.05, 0.1) is 30.7 Å². The normalized spacial score (nSPS) is 55.9. The fraction of sp³-hybridized carbons (Fsp3) is 0.810. The molecule has 25 heavy (non-hydrogen) atoms. The summed E-state index contributed by atoms with van der Waals surface area (Å²) in [4.78, 5) is 0. The van der Waals surface area contributed by atoms with Gasteiger partial charge < -0.3 is 19.3 Å². The first-order chi connectivity index (χ1) is 12.0. The predicted octanol–water partition coefficient (Wildman–Crippen LogP) is 3.31. The van der Waals surface area contributed by atoms with E-state index in [1.807, 2.05) is 0 Å². The van der Waals surface area contributed by atoms with E-state index in [4.69, 9.17) is 14.2 Å². The first-order valence-electron chi connectivity index (χ1n) is 10.0. The van der Waals surface area contributed by atoms with E-state index in [0.717, 1.165) is 38.7 Å². The molecular formula is C21H28O4. The first kappa shape index (κ1) is 15.2. The second-order valence-corrected chi connectivity index (χ2v) is 9.60. The number of fused-ring (bicyclic) bond motifs is 3. The van der Waals surface area contributed by atoms with Crippen LogP contribution in [-0.2, 0) is 14.2 Å². The van der Waals surface area contributed by atoms with Crippen LogP contribution in [0.4, 0.5) is 0 Å². The van der Waals surface area contributed by atoms with E-state index in [2.05, 4.69) is 19.9 Å². The van der Waals surface area contributed by atoms with E-state index in [1.165, 1.54) is 23.3 Å². The molecule has 0 radical (unpaired) electrons. The molecule has 4 heteroatoms. The summed E-state index contributed by atoms with van der Waals surface area (Å²) in [6, 6.07) is 0. The van der Waals surface area contributed by atoms with Crippen molar-refractivity contribution in [3.63, 3.8) is 0 Å². The van der Waals surface area contributed by atoms with Gasteiger partial charge in [-0.1, -0.05) is 18.6 Å². The van der Waals surface area contributed by atoms with Crippen LogP contribution in [0.2, 0.25) is 0 Å². The molecule has 3 saturated heterocycles. The van der Waals surface area contributed by atoms with Crippen LogP contribution in [0.15, 0.2) is 23.0 Å². The van der Waals surface area contributed by atoms with Gasteiger partial charge in [-0.3, -0.25) is 0 Å². The molecule has 7 atom stereocenters. The highest BCUT2D eigenvalue weighted by Crippen LogP contribution is 2.68. The maximum Gasteiger partial charge on any atom is 0.173 e. The second kappa shape index (κ2) is 4.52. The minimum absolute atomic E-state index is 0.0532. The summed E-state index contributed by atoms with van der Waals surface area (Å²) in [6.45, 7) is 5.95. The third-order valence-corrected chi connectivity index (χ3v) is 8.52. The van der Waals surface area contributed by atoms with E-state index in [0.29, 0.717) is 18.4 Å². The van der Waals surface area contributed by atoms with Crippen LogP contribution in [-0.4, -0.2) is 36.3 Å². The summed E-state index contributed by atoms with van der Waals surface area (Å²) in [5.74, 6) is 1.75. The van der Waals surface area contributed by atoms with Crippen LogP contribution in [0.25, 0.3) is 0 Å². The smallest absolute Gasteiger partial charge is 0.173 e. The molecule has 7 unspecified atom stereocenters. The zero-order valence-corrected chi connectivity index (χ0v) is 15.2. The Morgan fingerprint density at radius 3 is 2.92 bits per heavy atom. The van der Waals surface area contributed by atoms with Gasteiger partial charge in [-0.2, -0.15) is 0 Å². The number of allylic oxidation sites excluding steroid dienone is 2. The van der Waals surface area contributed by atoms with Crippen LogP contribution < -0.4 is 0 Å². The Morgan fingerprint density at radius 2 is 2.04 bits per heavy atom. The average Bonchev–Trinajstić information content (AvgIpc) is 3.20. The minimum Gasteiger partial charge on any atom is -0.491 e. The van der Waals surface area contributed by atoms with Gasteiger partial charge in [0.2, 0.25) is 0 Å². The van der Waals surface area contributed by atoms with Gasteiger partial charge in [-0.15, -0.1) is 0 Å². The SMILES string of the molecule is CC12OCC3OC4=C5CC=C6CC(O)CCC6(C)C5CCC4(CO1)C32. The summed E-state index contributed by atoms with van der Waals surface area (Å²) in [5, 5.41) is 10.1. The van der Waals surface area contributed by atoms with Gasteiger partial charge in [0.25, 0.3) is 0 Å². The molecule has 6 rings (SSSR count). The lowest BCUT2D eigenvalue weighted by Crippen LogP contribution is -2.44. The molecule has 1 saturated carbocycles. The average molecular weight is 344 g/mol. The van der Waals surface area contributed by atoms with E-state index in [1.54, 1.807) is 0 Å². The molecule has 1 spiro atoms. The number of hydrogen-bond donors (Lipinski definition) is 1. The molecule has 6 aliphatic rings. The zero-order valence-electron chi connectivity index (χ0n) is 15.2. The minimum atomic E-state index is -0.450. The zero-order chi connectivity index (χ0) is 17.0.